The Balaban J connectivity index is 2.16. The van der Waals surface area contributed by atoms with Gasteiger partial charge in [-0.15, -0.1) is 5.10 Å². The second kappa shape index (κ2) is 7.14. The van der Waals surface area contributed by atoms with E-state index in [1.54, 1.807) is 0 Å². The third-order valence-corrected chi connectivity index (χ3v) is 3.66. The summed E-state index contributed by atoms with van der Waals surface area (Å²) < 4.78 is 31.7. The molecular weight excluding hydrogens is 328 g/mol. The van der Waals surface area contributed by atoms with Crippen LogP contribution in [-0.2, 0) is 14.3 Å². The van der Waals surface area contributed by atoms with E-state index in [1.807, 2.05) is 0 Å². The zero-order chi connectivity index (χ0) is 17.0. The van der Waals surface area contributed by atoms with Gasteiger partial charge in [0.2, 0.25) is 0 Å². The molecule has 1 fully saturated rings. The van der Waals surface area contributed by atoms with Crippen molar-refractivity contribution < 1.29 is 23.1 Å². The number of carbonyl (C=O) groups is 2. The van der Waals surface area contributed by atoms with Crippen molar-refractivity contribution in [1.29, 1.82) is 0 Å². The molecule has 1 amide bonds. The van der Waals surface area contributed by atoms with Crippen LogP contribution in [0.5, 0.6) is 0 Å². The summed E-state index contributed by atoms with van der Waals surface area (Å²) in [5, 5.41) is 9.65. The van der Waals surface area contributed by atoms with E-state index < -0.39 is 23.5 Å². The first-order chi connectivity index (χ1) is 10.9. The Bertz CT molecular complexity index is 760. The normalized spacial score (nSPS) is 18.0. The van der Waals surface area contributed by atoms with E-state index in [0.29, 0.717) is 0 Å². The van der Waals surface area contributed by atoms with Gasteiger partial charge in [0, 0.05) is 6.08 Å². The highest BCUT2D eigenvalue weighted by Crippen LogP contribution is 2.23. The third-order valence-electron chi connectivity index (χ3n) is 2.76. The number of carbonyl (C=O) groups excluding carboxylic acids is 2. The number of amidine groups is 1. The number of nitrogens with zero attached hydrogens (tertiary/aromatic N) is 2. The lowest BCUT2D eigenvalue weighted by Crippen LogP contribution is -2.19. The van der Waals surface area contributed by atoms with Crippen LogP contribution in [0.1, 0.15) is 11.1 Å². The molecule has 0 atom stereocenters. The summed E-state index contributed by atoms with van der Waals surface area (Å²) in [6.07, 6.45) is 1.92. The number of esters is 1. The maximum atomic E-state index is 13.8. The van der Waals surface area contributed by atoms with Crippen molar-refractivity contribution in [2.24, 2.45) is 10.2 Å². The number of benzene rings is 1. The first-order valence-electron chi connectivity index (χ1n) is 6.27. The van der Waals surface area contributed by atoms with Crippen LogP contribution in [-0.4, -0.2) is 30.4 Å². The van der Waals surface area contributed by atoms with Gasteiger partial charge in [0.05, 0.1) is 23.8 Å². The molecule has 9 heteroatoms. The van der Waals surface area contributed by atoms with Crippen LogP contribution in [0, 0.1) is 18.6 Å². The largest absolute Gasteiger partial charge is 0.466 e. The Hall–Kier alpha value is -2.55. The third kappa shape index (κ3) is 4.01. The SMILES string of the molecule is COC(=O)/C=C1/S/C(=N\N=Cc2c(F)ccc(C)c2F)NC1=O. The summed E-state index contributed by atoms with van der Waals surface area (Å²) in [5.74, 6) is -2.73. The zero-order valence-electron chi connectivity index (χ0n) is 12.1. The smallest absolute Gasteiger partial charge is 0.331 e. The predicted molar refractivity (Wildman–Crippen MR) is 82.0 cm³/mol. The minimum absolute atomic E-state index is 0.0786. The summed E-state index contributed by atoms with van der Waals surface area (Å²) >= 11 is 0.858. The van der Waals surface area contributed by atoms with E-state index in [-0.39, 0.29) is 21.2 Å². The maximum Gasteiger partial charge on any atom is 0.331 e. The number of ether oxygens (including phenoxy) is 1. The Morgan fingerprint density at radius 2 is 2.13 bits per heavy atom. The molecule has 0 spiro atoms. The number of halogens is 2. The summed E-state index contributed by atoms with van der Waals surface area (Å²) in [4.78, 5) is 22.7. The van der Waals surface area contributed by atoms with E-state index in [2.05, 4.69) is 20.3 Å². The van der Waals surface area contributed by atoms with Crippen molar-refractivity contribution in [1.82, 2.24) is 5.32 Å². The van der Waals surface area contributed by atoms with Crippen LogP contribution in [0.3, 0.4) is 0 Å². The molecule has 6 nitrogen and oxygen atoms in total. The van der Waals surface area contributed by atoms with Crippen LogP contribution >= 0.6 is 11.8 Å². The number of thioether (sulfide) groups is 1. The molecule has 1 aromatic carbocycles. The van der Waals surface area contributed by atoms with Gasteiger partial charge in [0.1, 0.15) is 11.6 Å². The summed E-state index contributed by atoms with van der Waals surface area (Å²) in [6, 6.07) is 2.43. The summed E-state index contributed by atoms with van der Waals surface area (Å²) in [7, 11) is 1.18. The van der Waals surface area contributed by atoms with E-state index in [9.17, 15) is 18.4 Å². The molecule has 23 heavy (non-hydrogen) atoms. The van der Waals surface area contributed by atoms with Gasteiger partial charge in [0.25, 0.3) is 5.91 Å². The van der Waals surface area contributed by atoms with E-state index in [1.165, 1.54) is 20.1 Å². The molecule has 2 rings (SSSR count). The predicted octanol–water partition coefficient (Wildman–Crippen LogP) is 1.88. The second-order valence-electron chi connectivity index (χ2n) is 4.33. The van der Waals surface area contributed by atoms with Crippen molar-refractivity contribution in [2.75, 3.05) is 7.11 Å². The van der Waals surface area contributed by atoms with Crippen molar-refractivity contribution in [2.45, 2.75) is 6.92 Å². The van der Waals surface area contributed by atoms with Gasteiger partial charge in [-0.05, 0) is 30.3 Å². The maximum absolute atomic E-state index is 13.8. The summed E-state index contributed by atoms with van der Waals surface area (Å²) in [6.45, 7) is 1.49. The van der Waals surface area contributed by atoms with Gasteiger partial charge in [0.15, 0.2) is 5.17 Å². The molecular formula is C14H11F2N3O3S. The van der Waals surface area contributed by atoms with Crippen LogP contribution in [0.25, 0.3) is 0 Å². The number of nitrogens with one attached hydrogen (secondary N) is 1. The molecule has 0 aromatic heterocycles. The van der Waals surface area contributed by atoms with Crippen molar-refractivity contribution in [3.63, 3.8) is 0 Å². The number of amides is 1. The Kier molecular flexibility index (Phi) is 5.22. The molecule has 0 bridgehead atoms. The van der Waals surface area contributed by atoms with Gasteiger partial charge < -0.3 is 4.74 Å². The number of aryl methyl sites for hydroxylation is 1. The second-order valence-corrected chi connectivity index (χ2v) is 5.36. The van der Waals surface area contributed by atoms with Crippen molar-refractivity contribution in [3.8, 4) is 0 Å². The number of hydrogen-bond donors (Lipinski definition) is 1. The fourth-order valence-electron chi connectivity index (χ4n) is 1.58. The van der Waals surface area contributed by atoms with Crippen LogP contribution < -0.4 is 5.32 Å². The molecule has 0 saturated carbocycles. The highest BCUT2D eigenvalue weighted by molar-refractivity contribution is 8.18. The van der Waals surface area contributed by atoms with E-state index >= 15 is 0 Å². The zero-order valence-corrected chi connectivity index (χ0v) is 12.9. The molecule has 1 aliphatic heterocycles. The quantitative estimate of drug-likeness (QED) is 0.395. The molecule has 1 N–H and O–H groups in total. The molecule has 0 unspecified atom stereocenters. The number of methoxy groups -OCH3 is 1. The minimum Gasteiger partial charge on any atom is -0.466 e. The average molecular weight is 339 g/mol. The molecule has 1 aromatic rings. The first kappa shape index (κ1) is 16.8. The van der Waals surface area contributed by atoms with Gasteiger partial charge in [-0.3, -0.25) is 10.1 Å². The fraction of sp³-hybridized carbons (Fsp3) is 0.143. The van der Waals surface area contributed by atoms with Crippen molar-refractivity contribution in [3.05, 3.63) is 45.9 Å². The van der Waals surface area contributed by atoms with E-state index in [0.717, 1.165) is 30.1 Å². The van der Waals surface area contributed by atoms with Gasteiger partial charge in [-0.2, -0.15) is 5.10 Å². The Morgan fingerprint density at radius 3 is 2.83 bits per heavy atom. The molecule has 1 aliphatic rings. The lowest BCUT2D eigenvalue weighted by atomic mass is 10.1. The van der Waals surface area contributed by atoms with Gasteiger partial charge >= 0.3 is 5.97 Å². The first-order valence-corrected chi connectivity index (χ1v) is 7.08. The highest BCUT2D eigenvalue weighted by atomic mass is 32.2. The average Bonchev–Trinajstić information content (AvgIpc) is 2.86. The Labute approximate surface area is 134 Å². The monoisotopic (exact) mass is 339 g/mol. The molecule has 0 aliphatic carbocycles. The number of hydrogen-bond acceptors (Lipinski definition) is 6. The van der Waals surface area contributed by atoms with Crippen LogP contribution in [0.4, 0.5) is 8.78 Å². The minimum atomic E-state index is -0.772. The lowest BCUT2D eigenvalue weighted by molar-refractivity contribution is -0.135. The lowest BCUT2D eigenvalue weighted by Gasteiger charge is -2.00. The molecule has 120 valence electrons. The Morgan fingerprint density at radius 1 is 1.39 bits per heavy atom. The van der Waals surface area contributed by atoms with E-state index in [4.69, 9.17) is 0 Å². The van der Waals surface area contributed by atoms with Gasteiger partial charge in [-0.25, -0.2) is 13.6 Å². The van der Waals surface area contributed by atoms with Crippen molar-refractivity contribution >= 4 is 35.0 Å². The topological polar surface area (TPSA) is 80.1 Å². The fourth-order valence-corrected chi connectivity index (χ4v) is 2.32. The molecule has 0 radical (unpaired) electrons. The van der Waals surface area contributed by atoms with Crippen LogP contribution in [0.15, 0.2) is 33.3 Å². The standard InChI is InChI=1S/C14H11F2N3O3S/c1-7-3-4-9(15)8(12(7)16)6-17-19-14-18-13(21)10(23-14)5-11(20)22-2/h3-6H,1-2H3,(H,18,19,21)/b10-5+,17-6?. The highest BCUT2D eigenvalue weighted by Gasteiger charge is 2.25. The molecule has 1 heterocycles. The van der Waals surface area contributed by atoms with Crippen LogP contribution in [0.2, 0.25) is 0 Å². The number of rotatable bonds is 3. The molecule has 1 saturated heterocycles. The van der Waals surface area contributed by atoms with Gasteiger partial charge in [-0.1, -0.05) is 6.07 Å². The summed E-state index contributed by atoms with van der Waals surface area (Å²) in [5.41, 5.74) is -0.0543.